The number of halogens is 1. The van der Waals surface area contributed by atoms with Gasteiger partial charge in [0, 0.05) is 34.3 Å². The Bertz CT molecular complexity index is 895. The molecule has 122 valence electrons. The molecule has 4 nitrogen and oxygen atoms in total. The van der Waals surface area contributed by atoms with Gasteiger partial charge < -0.3 is 9.64 Å². The molecule has 1 aromatic carbocycles. The summed E-state index contributed by atoms with van der Waals surface area (Å²) >= 11 is 4.85. The molecule has 4 rings (SSSR count). The summed E-state index contributed by atoms with van der Waals surface area (Å²) in [5, 5.41) is 3.02. The Morgan fingerprint density at radius 1 is 1.29 bits per heavy atom. The number of hydrogen-bond acceptors (Lipinski definition) is 4. The number of carbonyl (C=O) groups is 1. The third-order valence-corrected chi connectivity index (χ3v) is 5.75. The largest absolute Gasteiger partial charge is 0.472 e. The monoisotopic (exact) mass is 402 g/mol. The number of fused-ring (bicyclic) bond motifs is 1. The van der Waals surface area contributed by atoms with Crippen LogP contribution in [0.25, 0.3) is 10.9 Å². The van der Waals surface area contributed by atoms with Gasteiger partial charge in [-0.15, -0.1) is 11.3 Å². The van der Waals surface area contributed by atoms with Crippen molar-refractivity contribution < 1.29 is 9.53 Å². The molecule has 1 saturated heterocycles. The van der Waals surface area contributed by atoms with E-state index in [0.29, 0.717) is 19.0 Å². The van der Waals surface area contributed by atoms with E-state index in [9.17, 15) is 4.79 Å². The second-order valence-electron chi connectivity index (χ2n) is 5.75. The quantitative estimate of drug-likeness (QED) is 0.653. The van der Waals surface area contributed by atoms with Gasteiger partial charge in [-0.05, 0) is 34.1 Å². The number of aromatic nitrogens is 1. The number of para-hydroxylation sites is 1. The molecular weight excluding hydrogens is 388 g/mol. The molecule has 0 aliphatic carbocycles. The number of pyridine rings is 1. The molecule has 0 spiro atoms. The average molecular weight is 403 g/mol. The molecule has 0 radical (unpaired) electrons. The number of nitrogens with zero attached hydrogens (tertiary/aromatic N) is 2. The lowest BCUT2D eigenvalue weighted by Crippen LogP contribution is -2.30. The Kier molecular flexibility index (Phi) is 4.24. The van der Waals surface area contributed by atoms with Gasteiger partial charge in [-0.2, -0.15) is 0 Å². The maximum absolute atomic E-state index is 12.5. The second-order valence-corrected chi connectivity index (χ2v) is 7.58. The summed E-state index contributed by atoms with van der Waals surface area (Å²) in [5.74, 6) is 0.690. The summed E-state index contributed by atoms with van der Waals surface area (Å²) in [7, 11) is 0. The molecule has 1 fully saturated rings. The summed E-state index contributed by atoms with van der Waals surface area (Å²) in [6, 6.07) is 13.7. The van der Waals surface area contributed by atoms with E-state index in [2.05, 4.69) is 20.9 Å². The molecule has 0 saturated carbocycles. The lowest BCUT2D eigenvalue weighted by molar-refractivity contribution is 0.0776. The first-order valence-corrected chi connectivity index (χ1v) is 9.42. The van der Waals surface area contributed by atoms with Crippen LogP contribution >= 0.6 is 27.3 Å². The lowest BCUT2D eigenvalue weighted by atomic mass is 10.2. The SMILES string of the molecule is O=C(c1cc(Br)cs1)N1CC[C@@H](Oc2ccc3ccccc3n2)C1. The topological polar surface area (TPSA) is 42.4 Å². The third kappa shape index (κ3) is 3.16. The molecule has 24 heavy (non-hydrogen) atoms. The molecule has 0 N–H and O–H groups in total. The number of ether oxygens (including phenoxy) is 1. The van der Waals surface area contributed by atoms with Crippen LogP contribution in [0.4, 0.5) is 0 Å². The van der Waals surface area contributed by atoms with Crippen molar-refractivity contribution >= 4 is 44.1 Å². The van der Waals surface area contributed by atoms with E-state index >= 15 is 0 Å². The van der Waals surface area contributed by atoms with E-state index in [-0.39, 0.29) is 12.0 Å². The molecule has 2 aromatic heterocycles. The number of carbonyl (C=O) groups excluding carboxylic acids is 1. The fourth-order valence-electron chi connectivity index (χ4n) is 2.87. The fourth-order valence-corrected chi connectivity index (χ4v) is 4.27. The van der Waals surface area contributed by atoms with Crippen molar-refractivity contribution in [1.29, 1.82) is 0 Å². The Morgan fingerprint density at radius 2 is 2.17 bits per heavy atom. The van der Waals surface area contributed by atoms with E-state index in [1.54, 1.807) is 0 Å². The van der Waals surface area contributed by atoms with Crippen molar-refractivity contribution in [3.8, 4) is 5.88 Å². The summed E-state index contributed by atoms with van der Waals surface area (Å²) in [4.78, 5) is 19.6. The Hall–Kier alpha value is -1.92. The lowest BCUT2D eigenvalue weighted by Gasteiger charge is -2.16. The molecule has 3 heterocycles. The van der Waals surface area contributed by atoms with E-state index in [4.69, 9.17) is 4.74 Å². The standard InChI is InChI=1S/C18H15BrN2O2S/c19-13-9-16(24-11-13)18(22)21-8-7-14(10-21)23-17-6-5-12-3-1-2-4-15(12)20-17/h1-6,9,11,14H,7-8,10H2/t14-/m1/s1. The highest BCUT2D eigenvalue weighted by Gasteiger charge is 2.29. The molecule has 1 atom stereocenters. The zero-order chi connectivity index (χ0) is 16.5. The van der Waals surface area contributed by atoms with Crippen LogP contribution in [0.1, 0.15) is 16.1 Å². The predicted molar refractivity (Wildman–Crippen MR) is 98.7 cm³/mol. The zero-order valence-corrected chi connectivity index (χ0v) is 15.2. The average Bonchev–Trinajstić information content (AvgIpc) is 3.23. The second kappa shape index (κ2) is 6.53. The van der Waals surface area contributed by atoms with Gasteiger partial charge in [0.2, 0.25) is 5.88 Å². The van der Waals surface area contributed by atoms with Crippen LogP contribution in [-0.4, -0.2) is 35.0 Å². The van der Waals surface area contributed by atoms with E-state index in [1.807, 2.05) is 52.7 Å². The van der Waals surface area contributed by atoms with Crippen molar-refractivity contribution in [2.45, 2.75) is 12.5 Å². The number of rotatable bonds is 3. The number of amides is 1. The predicted octanol–water partition coefficient (Wildman–Crippen LogP) is 4.35. The number of likely N-dealkylation sites (tertiary alicyclic amines) is 1. The normalized spacial score (nSPS) is 17.4. The minimum atomic E-state index is -0.00832. The van der Waals surface area contributed by atoms with E-state index in [0.717, 1.165) is 26.7 Å². The van der Waals surface area contributed by atoms with Crippen LogP contribution < -0.4 is 4.74 Å². The maximum atomic E-state index is 12.5. The Morgan fingerprint density at radius 3 is 3.00 bits per heavy atom. The van der Waals surface area contributed by atoms with Gasteiger partial charge >= 0.3 is 0 Å². The fraction of sp³-hybridized carbons (Fsp3) is 0.222. The van der Waals surface area contributed by atoms with E-state index in [1.165, 1.54) is 11.3 Å². The molecule has 3 aromatic rings. The van der Waals surface area contributed by atoms with Crippen molar-refractivity contribution in [2.75, 3.05) is 13.1 Å². The zero-order valence-electron chi connectivity index (χ0n) is 12.8. The first kappa shape index (κ1) is 15.6. The van der Waals surface area contributed by atoms with Gasteiger partial charge in [-0.3, -0.25) is 4.79 Å². The first-order chi connectivity index (χ1) is 11.7. The highest BCUT2D eigenvalue weighted by molar-refractivity contribution is 9.10. The molecule has 1 amide bonds. The molecule has 0 unspecified atom stereocenters. The van der Waals surface area contributed by atoms with Crippen LogP contribution in [0.15, 0.2) is 52.3 Å². The van der Waals surface area contributed by atoms with Crippen molar-refractivity contribution in [3.63, 3.8) is 0 Å². The summed E-state index contributed by atoms with van der Waals surface area (Å²) < 4.78 is 6.94. The molecular formula is C18H15BrN2O2S. The van der Waals surface area contributed by atoms with Gasteiger partial charge in [0.1, 0.15) is 6.10 Å². The maximum Gasteiger partial charge on any atom is 0.264 e. The van der Waals surface area contributed by atoms with Crippen LogP contribution in [0.5, 0.6) is 5.88 Å². The number of hydrogen-bond donors (Lipinski definition) is 0. The number of thiophene rings is 1. The van der Waals surface area contributed by atoms with Crippen LogP contribution in [-0.2, 0) is 0 Å². The van der Waals surface area contributed by atoms with Gasteiger partial charge in [-0.25, -0.2) is 4.98 Å². The van der Waals surface area contributed by atoms with Crippen molar-refractivity contribution in [3.05, 3.63) is 57.2 Å². The van der Waals surface area contributed by atoms with Crippen LogP contribution in [0.2, 0.25) is 0 Å². The summed E-state index contributed by atoms with van der Waals surface area (Å²) in [6.45, 7) is 1.31. The highest BCUT2D eigenvalue weighted by atomic mass is 79.9. The minimum absolute atomic E-state index is 0.00832. The Labute approximate surface area is 152 Å². The van der Waals surface area contributed by atoms with Crippen molar-refractivity contribution in [1.82, 2.24) is 9.88 Å². The summed E-state index contributed by atoms with van der Waals surface area (Å²) in [5.41, 5.74) is 0.921. The molecule has 6 heteroatoms. The number of benzene rings is 1. The van der Waals surface area contributed by atoms with Gasteiger partial charge in [0.05, 0.1) is 16.9 Å². The summed E-state index contributed by atoms with van der Waals surface area (Å²) in [6.07, 6.45) is 0.818. The van der Waals surface area contributed by atoms with E-state index < -0.39 is 0 Å². The molecule has 1 aliphatic rings. The van der Waals surface area contributed by atoms with Gasteiger partial charge in [0.15, 0.2) is 0 Å². The first-order valence-electron chi connectivity index (χ1n) is 7.75. The van der Waals surface area contributed by atoms with Crippen molar-refractivity contribution in [2.24, 2.45) is 0 Å². The highest BCUT2D eigenvalue weighted by Crippen LogP contribution is 2.25. The van der Waals surface area contributed by atoms with Crippen LogP contribution in [0.3, 0.4) is 0 Å². The van der Waals surface area contributed by atoms with Crippen LogP contribution in [0, 0.1) is 0 Å². The minimum Gasteiger partial charge on any atom is -0.472 e. The van der Waals surface area contributed by atoms with Gasteiger partial charge in [0.25, 0.3) is 5.91 Å². The molecule has 1 aliphatic heterocycles. The third-order valence-electron chi connectivity index (χ3n) is 4.07. The Balaban J connectivity index is 1.43. The molecule has 0 bridgehead atoms. The van der Waals surface area contributed by atoms with Gasteiger partial charge in [-0.1, -0.05) is 18.2 Å². The smallest absolute Gasteiger partial charge is 0.264 e.